The number of rotatable bonds is 3. The number of carboxylic acids is 1. The Balaban J connectivity index is 2.31. The first-order chi connectivity index (χ1) is 9.45. The van der Waals surface area contributed by atoms with E-state index < -0.39 is 5.97 Å². The molecule has 20 heavy (non-hydrogen) atoms. The third-order valence-corrected chi connectivity index (χ3v) is 2.64. The molecule has 0 radical (unpaired) electrons. The first-order valence-corrected chi connectivity index (χ1v) is 5.73. The number of aromatic hydroxyl groups is 3. The second kappa shape index (κ2) is 5.36. The van der Waals surface area contributed by atoms with Gasteiger partial charge in [-0.3, -0.25) is 0 Å². The topological polar surface area (TPSA) is 98.0 Å². The van der Waals surface area contributed by atoms with Crippen LogP contribution in [0.25, 0.3) is 12.2 Å². The largest absolute Gasteiger partial charge is 0.508 e. The van der Waals surface area contributed by atoms with E-state index in [-0.39, 0.29) is 22.8 Å². The van der Waals surface area contributed by atoms with E-state index in [0.717, 1.165) is 0 Å². The smallest absolute Gasteiger partial charge is 0.339 e. The average molecular weight is 272 g/mol. The van der Waals surface area contributed by atoms with Crippen LogP contribution in [-0.2, 0) is 0 Å². The van der Waals surface area contributed by atoms with Crippen LogP contribution in [0.15, 0.2) is 36.4 Å². The summed E-state index contributed by atoms with van der Waals surface area (Å²) in [5, 5.41) is 37.0. The SMILES string of the molecule is O=C(O)c1cc(/C=C/c2cc(O)cc(O)c2)ccc1O. The first-order valence-electron chi connectivity index (χ1n) is 5.73. The maximum Gasteiger partial charge on any atom is 0.339 e. The van der Waals surface area contributed by atoms with Crippen LogP contribution in [0.1, 0.15) is 21.5 Å². The van der Waals surface area contributed by atoms with Gasteiger partial charge in [-0.1, -0.05) is 18.2 Å². The summed E-state index contributed by atoms with van der Waals surface area (Å²) in [6, 6.07) is 8.30. The molecule has 0 unspecified atom stereocenters. The second-order valence-electron chi connectivity index (χ2n) is 4.20. The van der Waals surface area contributed by atoms with Gasteiger partial charge in [-0.05, 0) is 35.4 Å². The van der Waals surface area contributed by atoms with Crippen molar-refractivity contribution in [2.75, 3.05) is 0 Å². The number of hydrogen-bond acceptors (Lipinski definition) is 4. The summed E-state index contributed by atoms with van der Waals surface area (Å²) in [4.78, 5) is 10.9. The number of aromatic carboxylic acids is 1. The number of carbonyl (C=O) groups is 1. The zero-order chi connectivity index (χ0) is 14.7. The third kappa shape index (κ3) is 3.08. The minimum absolute atomic E-state index is 0.0680. The van der Waals surface area contributed by atoms with Crippen molar-refractivity contribution >= 4 is 18.1 Å². The van der Waals surface area contributed by atoms with Gasteiger partial charge in [0.15, 0.2) is 0 Å². The van der Waals surface area contributed by atoms with Gasteiger partial charge in [-0.25, -0.2) is 4.79 Å². The third-order valence-electron chi connectivity index (χ3n) is 2.64. The molecule has 102 valence electrons. The maximum absolute atomic E-state index is 10.9. The Kier molecular flexibility index (Phi) is 3.61. The standard InChI is InChI=1S/C15H12O5/c16-11-5-10(6-12(17)8-11)2-1-9-3-4-14(18)13(7-9)15(19)20/h1-8,16-18H,(H,19,20)/b2-1+. The van der Waals surface area contributed by atoms with Crippen LogP contribution >= 0.6 is 0 Å². The predicted octanol–water partition coefficient (Wildman–Crippen LogP) is 2.67. The molecule has 5 heteroatoms. The molecule has 0 heterocycles. The molecule has 0 fully saturated rings. The van der Waals surface area contributed by atoms with Crippen molar-refractivity contribution in [3.05, 3.63) is 53.1 Å². The summed E-state index contributed by atoms with van der Waals surface area (Å²) >= 11 is 0. The average Bonchev–Trinajstić information content (AvgIpc) is 2.36. The normalized spacial score (nSPS) is 10.8. The Morgan fingerprint density at radius 2 is 1.45 bits per heavy atom. The van der Waals surface area contributed by atoms with Gasteiger partial charge in [-0.15, -0.1) is 0 Å². The lowest BCUT2D eigenvalue weighted by Crippen LogP contribution is -1.96. The molecule has 0 aliphatic rings. The van der Waals surface area contributed by atoms with Crippen molar-refractivity contribution in [2.45, 2.75) is 0 Å². The van der Waals surface area contributed by atoms with Gasteiger partial charge in [0, 0.05) is 6.07 Å². The Bertz CT molecular complexity index is 668. The van der Waals surface area contributed by atoms with Crippen molar-refractivity contribution in [3.63, 3.8) is 0 Å². The Morgan fingerprint density at radius 1 is 0.850 bits per heavy atom. The highest BCUT2D eigenvalue weighted by Gasteiger charge is 2.08. The number of benzene rings is 2. The predicted molar refractivity (Wildman–Crippen MR) is 73.8 cm³/mol. The van der Waals surface area contributed by atoms with Gasteiger partial charge >= 0.3 is 5.97 Å². The van der Waals surface area contributed by atoms with Gasteiger partial charge in [0.1, 0.15) is 22.8 Å². The molecule has 0 aliphatic carbocycles. The summed E-state index contributed by atoms with van der Waals surface area (Å²) in [5.74, 6) is -1.65. The first kappa shape index (κ1) is 13.5. The number of phenolic OH excluding ortho intramolecular Hbond substituents is 2. The molecule has 0 spiro atoms. The quantitative estimate of drug-likeness (QED) is 0.644. The van der Waals surface area contributed by atoms with E-state index in [1.54, 1.807) is 18.2 Å². The van der Waals surface area contributed by atoms with E-state index in [2.05, 4.69) is 0 Å². The van der Waals surface area contributed by atoms with E-state index in [4.69, 9.17) is 5.11 Å². The molecule has 0 saturated carbocycles. The van der Waals surface area contributed by atoms with Gasteiger partial charge in [-0.2, -0.15) is 0 Å². The van der Waals surface area contributed by atoms with E-state index in [1.165, 1.54) is 30.3 Å². The minimum Gasteiger partial charge on any atom is -0.508 e. The molecular formula is C15H12O5. The van der Waals surface area contributed by atoms with Gasteiger partial charge < -0.3 is 20.4 Å². The molecular weight excluding hydrogens is 260 g/mol. The lowest BCUT2D eigenvalue weighted by Gasteiger charge is -2.01. The van der Waals surface area contributed by atoms with Gasteiger partial charge in [0.05, 0.1) is 0 Å². The zero-order valence-electron chi connectivity index (χ0n) is 10.3. The highest BCUT2D eigenvalue weighted by Crippen LogP contribution is 2.23. The zero-order valence-corrected chi connectivity index (χ0v) is 10.3. The van der Waals surface area contributed by atoms with Gasteiger partial charge in [0.25, 0.3) is 0 Å². The molecule has 2 aromatic rings. The van der Waals surface area contributed by atoms with E-state index in [0.29, 0.717) is 11.1 Å². The summed E-state index contributed by atoms with van der Waals surface area (Å²) in [6.07, 6.45) is 3.22. The minimum atomic E-state index is -1.22. The maximum atomic E-state index is 10.9. The number of phenols is 3. The Morgan fingerprint density at radius 3 is 2.05 bits per heavy atom. The fourth-order valence-corrected chi connectivity index (χ4v) is 1.74. The molecule has 0 atom stereocenters. The lowest BCUT2D eigenvalue weighted by molar-refractivity contribution is 0.0693. The summed E-state index contributed by atoms with van der Waals surface area (Å²) in [6.45, 7) is 0. The van der Waals surface area contributed by atoms with E-state index >= 15 is 0 Å². The molecule has 0 aliphatic heterocycles. The fourth-order valence-electron chi connectivity index (χ4n) is 1.74. The number of carboxylic acid groups (broad SMARTS) is 1. The van der Waals surface area contributed by atoms with Gasteiger partial charge in [0.2, 0.25) is 0 Å². The van der Waals surface area contributed by atoms with Crippen molar-refractivity contribution in [2.24, 2.45) is 0 Å². The van der Waals surface area contributed by atoms with Crippen LogP contribution in [0.5, 0.6) is 17.2 Å². The molecule has 0 amide bonds. The van der Waals surface area contributed by atoms with Crippen molar-refractivity contribution in [3.8, 4) is 17.2 Å². The van der Waals surface area contributed by atoms with Crippen molar-refractivity contribution in [1.29, 1.82) is 0 Å². The van der Waals surface area contributed by atoms with Crippen LogP contribution in [0.3, 0.4) is 0 Å². The Labute approximate surface area is 114 Å². The van der Waals surface area contributed by atoms with E-state index in [1.807, 2.05) is 0 Å². The monoisotopic (exact) mass is 272 g/mol. The fraction of sp³-hybridized carbons (Fsp3) is 0. The van der Waals surface area contributed by atoms with Crippen LogP contribution in [0, 0.1) is 0 Å². The molecule has 5 nitrogen and oxygen atoms in total. The molecule has 2 rings (SSSR count). The molecule has 0 aromatic heterocycles. The highest BCUT2D eigenvalue weighted by molar-refractivity contribution is 5.91. The highest BCUT2D eigenvalue weighted by atomic mass is 16.4. The summed E-state index contributed by atoms with van der Waals surface area (Å²) in [5.41, 5.74) is 0.946. The summed E-state index contributed by atoms with van der Waals surface area (Å²) in [7, 11) is 0. The molecule has 0 bridgehead atoms. The van der Waals surface area contributed by atoms with Crippen LogP contribution in [0.4, 0.5) is 0 Å². The summed E-state index contributed by atoms with van der Waals surface area (Å²) < 4.78 is 0. The Hall–Kier alpha value is -2.95. The molecule has 2 aromatic carbocycles. The number of hydrogen-bond donors (Lipinski definition) is 4. The van der Waals surface area contributed by atoms with E-state index in [9.17, 15) is 20.1 Å². The second-order valence-corrected chi connectivity index (χ2v) is 4.20. The molecule has 4 N–H and O–H groups in total. The van der Waals surface area contributed by atoms with Crippen LogP contribution in [-0.4, -0.2) is 26.4 Å². The van der Waals surface area contributed by atoms with Crippen LogP contribution < -0.4 is 0 Å². The molecule has 0 saturated heterocycles. The van der Waals surface area contributed by atoms with Crippen molar-refractivity contribution < 1.29 is 25.2 Å². The van der Waals surface area contributed by atoms with Crippen LogP contribution in [0.2, 0.25) is 0 Å². The lowest BCUT2D eigenvalue weighted by atomic mass is 10.1. The van der Waals surface area contributed by atoms with Crippen molar-refractivity contribution in [1.82, 2.24) is 0 Å².